The molecule has 0 amide bonds. The van der Waals surface area contributed by atoms with Crippen LogP contribution in [0.5, 0.6) is 0 Å². The van der Waals surface area contributed by atoms with Crippen molar-refractivity contribution in [2.45, 2.75) is 6.92 Å². The maximum Gasteiger partial charge on any atom is 0.186 e. The second-order valence-electron chi connectivity index (χ2n) is 3.46. The fraction of sp³-hybridized carbons (Fsp3) is 0.0909. The van der Waals surface area contributed by atoms with Gasteiger partial charge in [-0.2, -0.15) is 0 Å². The molecular weight excluding hydrogens is 308 g/mol. The summed E-state index contributed by atoms with van der Waals surface area (Å²) in [6, 6.07) is 5.26. The first-order valence-corrected chi connectivity index (χ1v) is 5.91. The zero-order valence-electron chi connectivity index (χ0n) is 8.84. The van der Waals surface area contributed by atoms with Gasteiger partial charge in [-0.1, -0.05) is 27.5 Å². The number of anilines is 1. The number of hydrogen-bond donors (Lipinski definition) is 1. The number of aromatic nitrogens is 2. The lowest BCUT2D eigenvalue weighted by Gasteiger charge is -2.06. The van der Waals surface area contributed by atoms with Crippen molar-refractivity contribution in [1.29, 1.82) is 0 Å². The Labute approximate surface area is 111 Å². The van der Waals surface area contributed by atoms with E-state index in [0.717, 1.165) is 4.47 Å². The van der Waals surface area contributed by atoms with Gasteiger partial charge in [-0.25, -0.2) is 14.4 Å². The number of aryl methyl sites for hydroxylation is 1. The molecule has 0 saturated heterocycles. The molecule has 2 rings (SSSR count). The summed E-state index contributed by atoms with van der Waals surface area (Å²) in [5.41, 5.74) is 6.27. The van der Waals surface area contributed by atoms with Gasteiger partial charge in [0.1, 0.15) is 0 Å². The monoisotopic (exact) mass is 315 g/mol. The minimum Gasteiger partial charge on any atom is -0.381 e. The minimum absolute atomic E-state index is 0.177. The first kappa shape index (κ1) is 12.3. The highest BCUT2D eigenvalue weighted by molar-refractivity contribution is 9.10. The van der Waals surface area contributed by atoms with Crippen LogP contribution < -0.4 is 5.73 Å². The third-order valence-corrected chi connectivity index (χ3v) is 3.03. The molecule has 0 saturated carbocycles. The normalized spacial score (nSPS) is 10.6. The van der Waals surface area contributed by atoms with Gasteiger partial charge in [0.05, 0.1) is 10.7 Å². The Bertz CT molecular complexity index is 566. The Balaban J connectivity index is 2.64. The molecule has 2 N–H and O–H groups in total. The molecule has 3 nitrogen and oxygen atoms in total. The predicted molar refractivity (Wildman–Crippen MR) is 69.3 cm³/mol. The van der Waals surface area contributed by atoms with E-state index in [1.165, 1.54) is 6.92 Å². The van der Waals surface area contributed by atoms with E-state index in [-0.39, 0.29) is 11.5 Å². The lowest BCUT2D eigenvalue weighted by molar-refractivity contribution is 0.608. The molecular formula is C11H8BrClFN3. The lowest BCUT2D eigenvalue weighted by Crippen LogP contribution is -2.03. The fourth-order valence-corrected chi connectivity index (χ4v) is 1.93. The average Bonchev–Trinajstić information content (AvgIpc) is 2.28. The molecule has 1 aromatic carbocycles. The van der Waals surface area contributed by atoms with Gasteiger partial charge in [0.15, 0.2) is 17.5 Å². The maximum absolute atomic E-state index is 13.3. The van der Waals surface area contributed by atoms with Crippen molar-refractivity contribution in [2.24, 2.45) is 0 Å². The van der Waals surface area contributed by atoms with Crippen molar-refractivity contribution < 1.29 is 4.39 Å². The van der Waals surface area contributed by atoms with Gasteiger partial charge in [-0.05, 0) is 25.1 Å². The van der Waals surface area contributed by atoms with Crippen LogP contribution in [-0.4, -0.2) is 9.97 Å². The van der Waals surface area contributed by atoms with Crippen LogP contribution in [0, 0.1) is 12.7 Å². The van der Waals surface area contributed by atoms with Crippen molar-refractivity contribution in [3.05, 3.63) is 39.2 Å². The Hall–Kier alpha value is -1.20. The molecule has 2 aromatic rings. The molecule has 0 radical (unpaired) electrons. The highest BCUT2D eigenvalue weighted by Gasteiger charge is 2.12. The number of nitrogens with zero attached hydrogens (tertiary/aromatic N) is 2. The molecule has 0 aliphatic rings. The molecule has 0 fully saturated rings. The topological polar surface area (TPSA) is 51.8 Å². The van der Waals surface area contributed by atoms with Gasteiger partial charge in [0, 0.05) is 10.0 Å². The molecule has 0 bridgehead atoms. The maximum atomic E-state index is 13.3. The van der Waals surface area contributed by atoms with Crippen molar-refractivity contribution in [3.63, 3.8) is 0 Å². The van der Waals surface area contributed by atoms with Crippen LogP contribution in [0.2, 0.25) is 5.02 Å². The van der Waals surface area contributed by atoms with Crippen molar-refractivity contribution >= 4 is 33.3 Å². The molecule has 0 aliphatic carbocycles. The summed E-state index contributed by atoms with van der Waals surface area (Å²) in [5.74, 6) is -0.462. The predicted octanol–water partition coefficient (Wildman–Crippen LogP) is 3.59. The quantitative estimate of drug-likeness (QED) is 0.874. The van der Waals surface area contributed by atoms with E-state index < -0.39 is 5.82 Å². The number of rotatable bonds is 1. The summed E-state index contributed by atoms with van der Waals surface area (Å²) < 4.78 is 14.1. The van der Waals surface area contributed by atoms with Crippen LogP contribution >= 0.6 is 27.5 Å². The highest BCUT2D eigenvalue weighted by Crippen LogP contribution is 2.29. The molecule has 0 spiro atoms. The molecule has 17 heavy (non-hydrogen) atoms. The van der Waals surface area contributed by atoms with Gasteiger partial charge in [0.2, 0.25) is 0 Å². The van der Waals surface area contributed by atoms with Crippen LogP contribution in [0.4, 0.5) is 10.2 Å². The summed E-state index contributed by atoms with van der Waals surface area (Å²) in [6.07, 6.45) is 0. The van der Waals surface area contributed by atoms with Crippen molar-refractivity contribution in [2.75, 3.05) is 5.73 Å². The zero-order valence-corrected chi connectivity index (χ0v) is 11.2. The first-order chi connectivity index (χ1) is 7.99. The Morgan fingerprint density at radius 1 is 1.35 bits per heavy atom. The summed E-state index contributed by atoms with van der Waals surface area (Å²) in [4.78, 5) is 7.93. The summed E-state index contributed by atoms with van der Waals surface area (Å²) in [5, 5.41) is 0.485. The number of nitrogens with two attached hydrogens (primary N) is 1. The van der Waals surface area contributed by atoms with Gasteiger partial charge >= 0.3 is 0 Å². The van der Waals surface area contributed by atoms with E-state index >= 15 is 0 Å². The Morgan fingerprint density at radius 3 is 2.71 bits per heavy atom. The fourth-order valence-electron chi connectivity index (χ4n) is 1.37. The number of halogens is 3. The molecule has 0 unspecified atom stereocenters. The highest BCUT2D eigenvalue weighted by atomic mass is 79.9. The summed E-state index contributed by atoms with van der Waals surface area (Å²) >= 11 is 9.37. The van der Waals surface area contributed by atoms with E-state index in [0.29, 0.717) is 16.4 Å². The molecule has 1 heterocycles. The van der Waals surface area contributed by atoms with Crippen molar-refractivity contribution in [3.8, 4) is 11.4 Å². The van der Waals surface area contributed by atoms with E-state index in [1.54, 1.807) is 18.2 Å². The molecule has 0 atom stereocenters. The minimum atomic E-state index is -0.597. The number of benzene rings is 1. The second kappa shape index (κ2) is 4.58. The van der Waals surface area contributed by atoms with Crippen LogP contribution in [0.25, 0.3) is 11.4 Å². The Kier molecular flexibility index (Phi) is 3.31. The lowest BCUT2D eigenvalue weighted by atomic mass is 10.2. The van der Waals surface area contributed by atoms with Crippen LogP contribution in [-0.2, 0) is 0 Å². The largest absolute Gasteiger partial charge is 0.381 e. The number of hydrogen-bond acceptors (Lipinski definition) is 3. The third-order valence-electron chi connectivity index (χ3n) is 2.21. The van der Waals surface area contributed by atoms with Crippen molar-refractivity contribution in [1.82, 2.24) is 9.97 Å². The van der Waals surface area contributed by atoms with Gasteiger partial charge in [-0.15, -0.1) is 0 Å². The van der Waals surface area contributed by atoms with Crippen LogP contribution in [0.15, 0.2) is 22.7 Å². The number of nitrogen functional groups attached to an aromatic ring is 1. The average molecular weight is 317 g/mol. The van der Waals surface area contributed by atoms with E-state index in [4.69, 9.17) is 17.3 Å². The molecule has 88 valence electrons. The summed E-state index contributed by atoms with van der Waals surface area (Å²) in [7, 11) is 0. The first-order valence-electron chi connectivity index (χ1n) is 4.74. The zero-order chi connectivity index (χ0) is 12.6. The van der Waals surface area contributed by atoms with E-state index in [9.17, 15) is 4.39 Å². The summed E-state index contributed by atoms with van der Waals surface area (Å²) in [6.45, 7) is 1.53. The molecule has 1 aromatic heterocycles. The standard InChI is InChI=1S/C11H8BrClFN3/c1-5-9(14)10(15)17-11(16-5)7-4-6(12)2-3-8(7)13/h2-4H,1H3,(H2,15,16,17). The van der Waals surface area contributed by atoms with E-state index in [1.807, 2.05) is 0 Å². The van der Waals surface area contributed by atoms with Gasteiger partial charge in [0.25, 0.3) is 0 Å². The molecule has 0 aliphatic heterocycles. The van der Waals surface area contributed by atoms with Crippen LogP contribution in [0.3, 0.4) is 0 Å². The smallest absolute Gasteiger partial charge is 0.186 e. The molecule has 6 heteroatoms. The second-order valence-corrected chi connectivity index (χ2v) is 4.78. The SMILES string of the molecule is Cc1nc(-c2cc(Br)ccc2Cl)nc(N)c1F. The Morgan fingerprint density at radius 2 is 2.06 bits per heavy atom. The van der Waals surface area contributed by atoms with Crippen LogP contribution in [0.1, 0.15) is 5.69 Å². The van der Waals surface area contributed by atoms with Gasteiger partial charge < -0.3 is 5.73 Å². The van der Waals surface area contributed by atoms with Gasteiger partial charge in [-0.3, -0.25) is 0 Å². The third kappa shape index (κ3) is 2.40. The van der Waals surface area contributed by atoms with E-state index in [2.05, 4.69) is 25.9 Å².